The molecular weight excluding hydrogens is 281 g/mol. The highest BCUT2D eigenvalue weighted by molar-refractivity contribution is 5.94. The highest BCUT2D eigenvalue weighted by Gasteiger charge is 2.43. The molecule has 1 aromatic carbocycles. The van der Waals surface area contributed by atoms with Crippen molar-refractivity contribution in [2.45, 2.75) is 19.0 Å². The summed E-state index contributed by atoms with van der Waals surface area (Å²) in [4.78, 5) is 12.9. The van der Waals surface area contributed by atoms with E-state index in [-0.39, 0.29) is 19.4 Å². The van der Waals surface area contributed by atoms with Crippen LogP contribution in [-0.2, 0) is 0 Å². The number of likely N-dealkylation sites (tertiary alicyclic amines) is 1. The van der Waals surface area contributed by atoms with E-state index in [1.54, 1.807) is 0 Å². The minimum Gasteiger partial charge on any atom is -0.338 e. The Morgan fingerprint density at radius 1 is 1.25 bits per heavy atom. The van der Waals surface area contributed by atoms with Gasteiger partial charge in [0, 0.05) is 13.1 Å². The molecule has 0 aromatic heterocycles. The molecule has 1 aliphatic rings. The maximum atomic E-state index is 13.5. The van der Waals surface area contributed by atoms with Gasteiger partial charge >= 0.3 is 6.18 Å². The average Bonchev–Trinajstić information content (AvgIpc) is 2.40. The van der Waals surface area contributed by atoms with Crippen LogP contribution < -0.4 is 0 Å². The molecule has 1 atom stereocenters. The molecule has 0 spiro atoms. The molecule has 0 saturated carbocycles. The van der Waals surface area contributed by atoms with Crippen LogP contribution in [-0.4, -0.2) is 30.1 Å². The van der Waals surface area contributed by atoms with Gasteiger partial charge in [0.25, 0.3) is 5.91 Å². The standard InChI is InChI=1S/C13H12F5NO/c14-10-5-1-4-9(11(10)15)12(20)19-6-2-3-8(7-19)13(16,17)18/h1,4-5,8H,2-3,6-7H2. The molecular formula is C13H12F5NO. The number of hydrogen-bond donors (Lipinski definition) is 0. The molecule has 0 aliphatic carbocycles. The van der Waals surface area contributed by atoms with Crippen LogP contribution in [0.15, 0.2) is 18.2 Å². The summed E-state index contributed by atoms with van der Waals surface area (Å²) >= 11 is 0. The number of piperidine rings is 1. The quantitative estimate of drug-likeness (QED) is 0.727. The van der Waals surface area contributed by atoms with Crippen molar-refractivity contribution in [1.82, 2.24) is 4.90 Å². The third-order valence-electron chi connectivity index (χ3n) is 3.35. The highest BCUT2D eigenvalue weighted by atomic mass is 19.4. The molecule has 0 radical (unpaired) electrons. The highest BCUT2D eigenvalue weighted by Crippen LogP contribution is 2.33. The lowest BCUT2D eigenvalue weighted by Gasteiger charge is -2.33. The van der Waals surface area contributed by atoms with Crippen molar-refractivity contribution in [3.63, 3.8) is 0 Å². The van der Waals surface area contributed by atoms with E-state index in [0.717, 1.165) is 23.1 Å². The van der Waals surface area contributed by atoms with Gasteiger partial charge in [0.05, 0.1) is 11.5 Å². The molecule has 7 heteroatoms. The molecule has 1 aliphatic heterocycles. The van der Waals surface area contributed by atoms with Crippen LogP contribution in [0.3, 0.4) is 0 Å². The molecule has 1 fully saturated rings. The largest absolute Gasteiger partial charge is 0.393 e. The first-order chi connectivity index (χ1) is 9.30. The summed E-state index contributed by atoms with van der Waals surface area (Å²) in [5.41, 5.74) is -0.534. The van der Waals surface area contributed by atoms with E-state index in [1.165, 1.54) is 0 Å². The molecule has 2 rings (SSSR count). The summed E-state index contributed by atoms with van der Waals surface area (Å²) in [5.74, 6) is -5.04. The van der Waals surface area contributed by atoms with Crippen molar-refractivity contribution in [3.8, 4) is 0 Å². The first-order valence-electron chi connectivity index (χ1n) is 6.10. The topological polar surface area (TPSA) is 20.3 Å². The van der Waals surface area contributed by atoms with Gasteiger partial charge in [-0.15, -0.1) is 0 Å². The Bertz CT molecular complexity index is 514. The smallest absolute Gasteiger partial charge is 0.338 e. The third kappa shape index (κ3) is 2.91. The van der Waals surface area contributed by atoms with Crippen LogP contribution in [0.5, 0.6) is 0 Å². The third-order valence-corrected chi connectivity index (χ3v) is 3.35. The van der Waals surface area contributed by atoms with E-state index >= 15 is 0 Å². The van der Waals surface area contributed by atoms with E-state index in [2.05, 4.69) is 0 Å². The average molecular weight is 293 g/mol. The molecule has 110 valence electrons. The minimum atomic E-state index is -4.39. The zero-order valence-electron chi connectivity index (χ0n) is 10.4. The van der Waals surface area contributed by atoms with Crippen molar-refractivity contribution in [3.05, 3.63) is 35.4 Å². The number of carbonyl (C=O) groups excluding carboxylic acids is 1. The second-order valence-corrected chi connectivity index (χ2v) is 4.73. The summed E-state index contributed by atoms with van der Waals surface area (Å²) in [7, 11) is 0. The second kappa shape index (κ2) is 5.38. The monoisotopic (exact) mass is 293 g/mol. The lowest BCUT2D eigenvalue weighted by atomic mass is 9.97. The molecule has 1 heterocycles. The van der Waals surface area contributed by atoms with Crippen molar-refractivity contribution in [1.29, 1.82) is 0 Å². The Labute approximate surface area is 112 Å². The van der Waals surface area contributed by atoms with Gasteiger partial charge in [0.1, 0.15) is 0 Å². The van der Waals surface area contributed by atoms with Crippen LogP contribution in [0.4, 0.5) is 22.0 Å². The number of benzene rings is 1. The first-order valence-corrected chi connectivity index (χ1v) is 6.10. The van der Waals surface area contributed by atoms with Gasteiger partial charge in [0.15, 0.2) is 11.6 Å². The molecule has 1 amide bonds. The molecule has 1 unspecified atom stereocenters. The van der Waals surface area contributed by atoms with Crippen molar-refractivity contribution in [2.24, 2.45) is 5.92 Å². The number of alkyl halides is 3. The van der Waals surface area contributed by atoms with Gasteiger partial charge in [-0.25, -0.2) is 8.78 Å². The Morgan fingerprint density at radius 3 is 2.60 bits per heavy atom. The molecule has 20 heavy (non-hydrogen) atoms. The lowest BCUT2D eigenvalue weighted by molar-refractivity contribution is -0.184. The van der Waals surface area contributed by atoms with Gasteiger partial charge in [-0.1, -0.05) is 6.07 Å². The first kappa shape index (κ1) is 14.7. The fraction of sp³-hybridized carbons (Fsp3) is 0.462. The molecule has 0 bridgehead atoms. The summed E-state index contributed by atoms with van der Waals surface area (Å²) in [5, 5.41) is 0. The molecule has 1 saturated heterocycles. The molecule has 0 N–H and O–H groups in total. The number of amides is 1. The number of hydrogen-bond acceptors (Lipinski definition) is 1. The minimum absolute atomic E-state index is 0.0566. The fourth-order valence-corrected chi connectivity index (χ4v) is 2.27. The summed E-state index contributed by atoms with van der Waals surface area (Å²) in [6.07, 6.45) is -4.26. The maximum Gasteiger partial charge on any atom is 0.393 e. The van der Waals surface area contributed by atoms with Crippen molar-refractivity contribution in [2.75, 3.05) is 13.1 Å². The van der Waals surface area contributed by atoms with Crippen molar-refractivity contribution < 1.29 is 26.7 Å². The number of rotatable bonds is 1. The van der Waals surface area contributed by atoms with E-state index in [1.807, 2.05) is 0 Å². The Morgan fingerprint density at radius 2 is 1.95 bits per heavy atom. The van der Waals surface area contributed by atoms with Crippen molar-refractivity contribution >= 4 is 5.91 Å². The van der Waals surface area contributed by atoms with E-state index in [0.29, 0.717) is 0 Å². The lowest BCUT2D eigenvalue weighted by Crippen LogP contribution is -2.44. The fourth-order valence-electron chi connectivity index (χ4n) is 2.27. The Kier molecular flexibility index (Phi) is 3.96. The molecule has 2 nitrogen and oxygen atoms in total. The second-order valence-electron chi connectivity index (χ2n) is 4.73. The normalized spacial score (nSPS) is 20.1. The van der Waals surface area contributed by atoms with Gasteiger partial charge in [-0.3, -0.25) is 4.79 Å². The van der Waals surface area contributed by atoms with Gasteiger partial charge in [-0.2, -0.15) is 13.2 Å². The van der Waals surface area contributed by atoms with E-state index in [4.69, 9.17) is 0 Å². The summed E-state index contributed by atoms with van der Waals surface area (Å²) < 4.78 is 64.5. The zero-order chi connectivity index (χ0) is 14.9. The number of nitrogens with zero attached hydrogens (tertiary/aromatic N) is 1. The van der Waals surface area contributed by atoms with Gasteiger partial charge < -0.3 is 4.90 Å². The SMILES string of the molecule is O=C(c1cccc(F)c1F)N1CCCC(C(F)(F)F)C1. The zero-order valence-corrected chi connectivity index (χ0v) is 10.4. The van der Waals surface area contributed by atoms with Gasteiger partial charge in [-0.05, 0) is 25.0 Å². The van der Waals surface area contributed by atoms with Crippen LogP contribution in [0.25, 0.3) is 0 Å². The van der Waals surface area contributed by atoms with E-state index in [9.17, 15) is 26.7 Å². The van der Waals surface area contributed by atoms with Crippen LogP contribution >= 0.6 is 0 Å². The maximum absolute atomic E-state index is 13.5. The van der Waals surface area contributed by atoms with Crippen LogP contribution in [0.1, 0.15) is 23.2 Å². The Balaban J connectivity index is 2.19. The van der Waals surface area contributed by atoms with E-state index < -0.39 is 41.7 Å². The van der Waals surface area contributed by atoms with Crippen LogP contribution in [0, 0.1) is 17.6 Å². The number of halogens is 5. The predicted molar refractivity (Wildman–Crippen MR) is 61.0 cm³/mol. The van der Waals surface area contributed by atoms with Gasteiger partial charge in [0.2, 0.25) is 0 Å². The van der Waals surface area contributed by atoms with Crippen LogP contribution in [0.2, 0.25) is 0 Å². The Hall–Kier alpha value is -1.66. The summed E-state index contributed by atoms with van der Waals surface area (Å²) in [6, 6.07) is 3.07. The predicted octanol–water partition coefficient (Wildman–Crippen LogP) is 3.38. The molecule has 1 aromatic rings. The summed E-state index contributed by atoms with van der Waals surface area (Å²) in [6.45, 7) is -0.403. The number of carbonyl (C=O) groups is 1.